The third-order valence-corrected chi connectivity index (χ3v) is 3.32. The molecule has 1 amide bonds. The number of anilines is 1. The zero-order valence-electron chi connectivity index (χ0n) is 12.4. The topological polar surface area (TPSA) is 88.0 Å². The number of methoxy groups -OCH3 is 2. The SMILES string of the molecule is COc1cc(OC)nc(N2CCN(C(C)=O)C[C@@H](O)C2)n1. The van der Waals surface area contributed by atoms with Crippen molar-refractivity contribution in [2.24, 2.45) is 0 Å². The van der Waals surface area contributed by atoms with Crippen molar-refractivity contribution in [3.05, 3.63) is 6.07 Å². The molecule has 1 N–H and O–H groups in total. The summed E-state index contributed by atoms with van der Waals surface area (Å²) in [5.41, 5.74) is 0. The quantitative estimate of drug-likeness (QED) is 0.806. The lowest BCUT2D eigenvalue weighted by atomic mass is 10.3. The van der Waals surface area contributed by atoms with Gasteiger partial charge in [-0.1, -0.05) is 0 Å². The van der Waals surface area contributed by atoms with Crippen molar-refractivity contribution >= 4 is 11.9 Å². The Hall–Kier alpha value is -2.09. The minimum absolute atomic E-state index is 0.0555. The van der Waals surface area contributed by atoms with Gasteiger partial charge in [0, 0.05) is 33.1 Å². The van der Waals surface area contributed by atoms with Crippen LogP contribution >= 0.6 is 0 Å². The molecule has 1 saturated heterocycles. The summed E-state index contributed by atoms with van der Waals surface area (Å²) >= 11 is 0. The second-order valence-corrected chi connectivity index (χ2v) is 4.82. The highest BCUT2D eigenvalue weighted by Crippen LogP contribution is 2.21. The number of amides is 1. The number of hydrogen-bond donors (Lipinski definition) is 1. The van der Waals surface area contributed by atoms with Crippen molar-refractivity contribution in [2.75, 3.05) is 45.3 Å². The summed E-state index contributed by atoms with van der Waals surface area (Å²) < 4.78 is 10.2. The Kier molecular flexibility index (Phi) is 4.79. The van der Waals surface area contributed by atoms with Gasteiger partial charge in [-0.3, -0.25) is 4.79 Å². The molecule has 2 heterocycles. The molecule has 0 spiro atoms. The molecule has 0 radical (unpaired) electrons. The maximum Gasteiger partial charge on any atom is 0.232 e. The molecule has 1 aromatic heterocycles. The highest BCUT2D eigenvalue weighted by molar-refractivity contribution is 5.73. The molecule has 8 heteroatoms. The van der Waals surface area contributed by atoms with E-state index in [4.69, 9.17) is 9.47 Å². The number of rotatable bonds is 3. The fourth-order valence-corrected chi connectivity index (χ4v) is 2.20. The lowest BCUT2D eigenvalue weighted by Crippen LogP contribution is -2.36. The van der Waals surface area contributed by atoms with E-state index in [-0.39, 0.29) is 5.91 Å². The van der Waals surface area contributed by atoms with E-state index in [1.54, 1.807) is 11.0 Å². The lowest BCUT2D eigenvalue weighted by Gasteiger charge is -2.22. The number of aliphatic hydroxyl groups is 1. The molecule has 0 aliphatic carbocycles. The van der Waals surface area contributed by atoms with Gasteiger partial charge in [-0.25, -0.2) is 0 Å². The van der Waals surface area contributed by atoms with E-state index in [0.717, 1.165) is 0 Å². The van der Waals surface area contributed by atoms with Gasteiger partial charge in [0.25, 0.3) is 0 Å². The predicted molar refractivity (Wildman–Crippen MR) is 75.6 cm³/mol. The van der Waals surface area contributed by atoms with Crippen molar-refractivity contribution in [3.8, 4) is 11.8 Å². The van der Waals surface area contributed by atoms with Crippen molar-refractivity contribution in [2.45, 2.75) is 13.0 Å². The van der Waals surface area contributed by atoms with Gasteiger partial charge in [-0.15, -0.1) is 0 Å². The van der Waals surface area contributed by atoms with Crippen LogP contribution in [0.4, 0.5) is 5.95 Å². The Balaban J connectivity index is 2.22. The zero-order valence-corrected chi connectivity index (χ0v) is 12.4. The zero-order chi connectivity index (χ0) is 15.4. The van der Waals surface area contributed by atoms with Gasteiger partial charge in [0.2, 0.25) is 23.6 Å². The third kappa shape index (κ3) is 3.72. The Morgan fingerprint density at radius 1 is 1.24 bits per heavy atom. The molecule has 0 unspecified atom stereocenters. The Morgan fingerprint density at radius 2 is 1.86 bits per heavy atom. The summed E-state index contributed by atoms with van der Waals surface area (Å²) in [5.74, 6) is 1.13. The van der Waals surface area contributed by atoms with E-state index in [1.165, 1.54) is 21.1 Å². The molecular weight excluding hydrogens is 276 g/mol. The standard InChI is InChI=1S/C13H20N4O4/c1-9(18)16-4-5-17(8-10(19)7-16)13-14-11(20-2)6-12(15-13)21-3/h6,10,19H,4-5,7-8H2,1-3H3/t10-/m1/s1. The summed E-state index contributed by atoms with van der Waals surface area (Å²) in [7, 11) is 3.03. The van der Waals surface area contributed by atoms with Gasteiger partial charge >= 0.3 is 0 Å². The number of ether oxygens (including phenoxy) is 2. The Morgan fingerprint density at radius 3 is 2.38 bits per heavy atom. The molecule has 1 atom stereocenters. The van der Waals surface area contributed by atoms with E-state index in [9.17, 15) is 9.90 Å². The van der Waals surface area contributed by atoms with E-state index in [0.29, 0.717) is 43.9 Å². The average Bonchev–Trinajstić information content (AvgIpc) is 2.68. The highest BCUT2D eigenvalue weighted by atomic mass is 16.5. The molecule has 8 nitrogen and oxygen atoms in total. The first-order valence-electron chi connectivity index (χ1n) is 6.69. The van der Waals surface area contributed by atoms with Crippen LogP contribution in [0.5, 0.6) is 11.8 Å². The van der Waals surface area contributed by atoms with Crippen LogP contribution < -0.4 is 14.4 Å². The molecule has 1 aliphatic rings. The fraction of sp³-hybridized carbons (Fsp3) is 0.615. The average molecular weight is 296 g/mol. The fourth-order valence-electron chi connectivity index (χ4n) is 2.20. The maximum atomic E-state index is 11.5. The summed E-state index contributed by atoms with van der Waals surface area (Å²) in [4.78, 5) is 23.4. The molecule has 116 valence electrons. The first-order valence-corrected chi connectivity index (χ1v) is 6.69. The van der Waals surface area contributed by atoms with Crippen molar-refractivity contribution in [1.29, 1.82) is 0 Å². The molecule has 0 bridgehead atoms. The van der Waals surface area contributed by atoms with E-state index < -0.39 is 6.10 Å². The van der Waals surface area contributed by atoms with Gasteiger partial charge < -0.3 is 24.4 Å². The molecule has 2 rings (SSSR count). The molecule has 21 heavy (non-hydrogen) atoms. The second kappa shape index (κ2) is 6.57. The summed E-state index contributed by atoms with van der Waals surface area (Å²) in [6.45, 7) is 3.20. The van der Waals surface area contributed by atoms with Gasteiger partial charge in [-0.05, 0) is 0 Å². The van der Waals surface area contributed by atoms with Gasteiger partial charge in [-0.2, -0.15) is 9.97 Å². The smallest absolute Gasteiger partial charge is 0.232 e. The highest BCUT2D eigenvalue weighted by Gasteiger charge is 2.24. The minimum atomic E-state index is -0.655. The van der Waals surface area contributed by atoms with Crippen LogP contribution in [0.2, 0.25) is 0 Å². The van der Waals surface area contributed by atoms with Crippen molar-refractivity contribution in [3.63, 3.8) is 0 Å². The van der Waals surface area contributed by atoms with Crippen LogP contribution in [-0.4, -0.2) is 72.4 Å². The van der Waals surface area contributed by atoms with Crippen LogP contribution in [-0.2, 0) is 4.79 Å². The Bertz CT molecular complexity index is 489. The molecule has 1 aromatic rings. The van der Waals surface area contributed by atoms with Crippen LogP contribution in [0, 0.1) is 0 Å². The first kappa shape index (κ1) is 15.3. The normalized spacial score (nSPS) is 19.1. The van der Waals surface area contributed by atoms with Gasteiger partial charge in [0.15, 0.2) is 0 Å². The first-order chi connectivity index (χ1) is 10.0. The van der Waals surface area contributed by atoms with Crippen molar-refractivity contribution in [1.82, 2.24) is 14.9 Å². The van der Waals surface area contributed by atoms with Crippen LogP contribution in [0.25, 0.3) is 0 Å². The number of aliphatic hydroxyl groups excluding tert-OH is 1. The second-order valence-electron chi connectivity index (χ2n) is 4.82. The molecule has 1 aliphatic heterocycles. The third-order valence-electron chi connectivity index (χ3n) is 3.32. The van der Waals surface area contributed by atoms with Gasteiger partial charge in [0.05, 0.1) is 26.4 Å². The number of carbonyl (C=O) groups is 1. The van der Waals surface area contributed by atoms with E-state index in [2.05, 4.69) is 9.97 Å². The number of carbonyl (C=O) groups excluding carboxylic acids is 1. The minimum Gasteiger partial charge on any atom is -0.481 e. The monoisotopic (exact) mass is 296 g/mol. The van der Waals surface area contributed by atoms with Crippen LogP contribution in [0.15, 0.2) is 6.07 Å². The lowest BCUT2D eigenvalue weighted by molar-refractivity contribution is -0.129. The maximum absolute atomic E-state index is 11.5. The molecule has 0 saturated carbocycles. The number of aromatic nitrogens is 2. The molecular formula is C13H20N4O4. The van der Waals surface area contributed by atoms with Crippen molar-refractivity contribution < 1.29 is 19.4 Å². The largest absolute Gasteiger partial charge is 0.481 e. The summed E-state index contributed by atoms with van der Waals surface area (Å²) in [6, 6.07) is 1.58. The predicted octanol–water partition coefficient (Wildman–Crippen LogP) is -0.477. The number of β-amino-alcohol motifs (C(OH)–C–C–N with tert-alkyl or cyclic N) is 1. The molecule has 1 fully saturated rings. The number of nitrogens with zero attached hydrogens (tertiary/aromatic N) is 4. The number of hydrogen-bond acceptors (Lipinski definition) is 7. The van der Waals surface area contributed by atoms with E-state index in [1.807, 2.05) is 4.90 Å². The van der Waals surface area contributed by atoms with Crippen LogP contribution in [0.1, 0.15) is 6.92 Å². The van der Waals surface area contributed by atoms with Crippen LogP contribution in [0.3, 0.4) is 0 Å². The molecule has 0 aromatic carbocycles. The Labute approximate surface area is 123 Å². The summed E-state index contributed by atoms with van der Waals surface area (Å²) in [5, 5.41) is 10.0. The summed E-state index contributed by atoms with van der Waals surface area (Å²) in [6.07, 6.45) is -0.655. The van der Waals surface area contributed by atoms with Gasteiger partial charge in [0.1, 0.15) is 0 Å². The van der Waals surface area contributed by atoms with E-state index >= 15 is 0 Å².